The zero-order valence-electron chi connectivity index (χ0n) is 17.7. The summed E-state index contributed by atoms with van der Waals surface area (Å²) in [6.07, 6.45) is 5.76. The number of ether oxygens (including phenoxy) is 1. The number of para-hydroxylation sites is 1. The summed E-state index contributed by atoms with van der Waals surface area (Å²) < 4.78 is 6.71. The molecule has 2 aliphatic rings. The van der Waals surface area contributed by atoms with E-state index in [1.807, 2.05) is 24.2 Å². The average molecular weight is 394 g/mol. The van der Waals surface area contributed by atoms with Crippen LogP contribution in [0.1, 0.15) is 49.4 Å². The van der Waals surface area contributed by atoms with Crippen molar-refractivity contribution in [3.63, 3.8) is 0 Å². The number of carbonyl (C=O) groups excluding carboxylic acids is 1. The molecule has 1 aromatic carbocycles. The van der Waals surface area contributed by atoms with Gasteiger partial charge in [0.2, 0.25) is 5.91 Å². The van der Waals surface area contributed by atoms with Crippen LogP contribution in [0.4, 0.5) is 0 Å². The Kier molecular flexibility index (Phi) is 5.59. The van der Waals surface area contributed by atoms with Crippen LogP contribution in [-0.4, -0.2) is 45.9 Å². The first-order valence-electron chi connectivity index (χ1n) is 10.6. The fourth-order valence-electron chi connectivity index (χ4n) is 4.74. The molecule has 5 nitrogen and oxygen atoms in total. The van der Waals surface area contributed by atoms with Crippen molar-refractivity contribution >= 4 is 5.91 Å². The molecule has 5 heteroatoms. The molecule has 1 aliphatic heterocycles. The van der Waals surface area contributed by atoms with Crippen molar-refractivity contribution in [2.45, 2.75) is 64.3 Å². The van der Waals surface area contributed by atoms with Gasteiger partial charge in [-0.25, -0.2) is 0 Å². The van der Waals surface area contributed by atoms with E-state index >= 15 is 0 Å². The van der Waals surface area contributed by atoms with Crippen LogP contribution < -0.4 is 4.74 Å². The third-order valence-electron chi connectivity index (χ3n) is 6.61. The Labute approximate surface area is 173 Å². The maximum absolute atomic E-state index is 11.8. The van der Waals surface area contributed by atoms with Gasteiger partial charge in [0, 0.05) is 51.4 Å². The molecule has 0 unspecified atom stereocenters. The van der Waals surface area contributed by atoms with Crippen molar-refractivity contribution in [3.05, 3.63) is 59.4 Å². The molecular formula is C24H31N3O2. The second-order valence-corrected chi connectivity index (χ2v) is 8.67. The number of carbonyl (C=O) groups is 1. The molecule has 0 atom stereocenters. The monoisotopic (exact) mass is 393 g/mol. The Bertz CT molecular complexity index is 874. The largest absolute Gasteiger partial charge is 0.486 e. The summed E-state index contributed by atoms with van der Waals surface area (Å²) in [6, 6.07) is 12.8. The lowest BCUT2D eigenvalue weighted by atomic mass is 9.81. The number of pyridine rings is 1. The quantitative estimate of drug-likeness (QED) is 0.792. The SMILES string of the molecule is CC(=O)N(C)C1CCC2(CC1)CN(Cc1ncccc1C)Cc1ccccc1O2. The van der Waals surface area contributed by atoms with Crippen molar-refractivity contribution in [2.24, 2.45) is 0 Å². The van der Waals surface area contributed by atoms with Crippen molar-refractivity contribution < 1.29 is 9.53 Å². The van der Waals surface area contributed by atoms with Gasteiger partial charge in [0.25, 0.3) is 0 Å². The number of amides is 1. The molecule has 0 N–H and O–H groups in total. The lowest BCUT2D eigenvalue weighted by Gasteiger charge is -2.43. The Morgan fingerprint density at radius 2 is 2.00 bits per heavy atom. The molecule has 2 heterocycles. The van der Waals surface area contributed by atoms with E-state index < -0.39 is 0 Å². The minimum Gasteiger partial charge on any atom is -0.486 e. The predicted octanol–water partition coefficient (Wildman–Crippen LogP) is 3.94. The highest BCUT2D eigenvalue weighted by atomic mass is 16.5. The zero-order valence-corrected chi connectivity index (χ0v) is 17.7. The molecule has 0 saturated heterocycles. The molecule has 0 bridgehead atoms. The van der Waals surface area contributed by atoms with Crippen LogP contribution >= 0.6 is 0 Å². The van der Waals surface area contributed by atoms with Gasteiger partial charge in [-0.1, -0.05) is 24.3 Å². The zero-order chi connectivity index (χ0) is 20.4. The number of hydrogen-bond acceptors (Lipinski definition) is 4. The van der Waals surface area contributed by atoms with E-state index in [1.54, 1.807) is 6.92 Å². The Hall–Kier alpha value is -2.40. The summed E-state index contributed by atoms with van der Waals surface area (Å²) in [5.41, 5.74) is 3.39. The maximum Gasteiger partial charge on any atom is 0.219 e. The van der Waals surface area contributed by atoms with E-state index in [2.05, 4.69) is 47.1 Å². The molecule has 1 fully saturated rings. The fourth-order valence-corrected chi connectivity index (χ4v) is 4.74. The third-order valence-corrected chi connectivity index (χ3v) is 6.61. The molecule has 29 heavy (non-hydrogen) atoms. The highest BCUT2D eigenvalue weighted by molar-refractivity contribution is 5.73. The van der Waals surface area contributed by atoms with Gasteiger partial charge in [-0.15, -0.1) is 0 Å². The summed E-state index contributed by atoms with van der Waals surface area (Å²) in [5.74, 6) is 1.15. The van der Waals surface area contributed by atoms with Gasteiger partial charge in [-0.2, -0.15) is 0 Å². The van der Waals surface area contributed by atoms with Crippen molar-refractivity contribution in [1.29, 1.82) is 0 Å². The van der Waals surface area contributed by atoms with Crippen molar-refractivity contribution in [3.8, 4) is 5.75 Å². The fraction of sp³-hybridized carbons (Fsp3) is 0.500. The second kappa shape index (κ2) is 8.15. The van der Waals surface area contributed by atoms with E-state index in [4.69, 9.17) is 4.74 Å². The van der Waals surface area contributed by atoms with Crippen LogP contribution in [0.2, 0.25) is 0 Å². The normalized spacial score (nSPS) is 24.4. The minimum absolute atomic E-state index is 0.144. The van der Waals surface area contributed by atoms with E-state index in [0.29, 0.717) is 6.04 Å². The summed E-state index contributed by atoms with van der Waals surface area (Å²) in [7, 11) is 1.92. The van der Waals surface area contributed by atoms with Crippen LogP contribution in [0, 0.1) is 6.92 Å². The first-order valence-corrected chi connectivity index (χ1v) is 10.6. The Morgan fingerprint density at radius 1 is 1.24 bits per heavy atom. The van der Waals surface area contributed by atoms with E-state index in [9.17, 15) is 4.79 Å². The van der Waals surface area contributed by atoms with Gasteiger partial charge in [0.15, 0.2) is 0 Å². The molecule has 4 rings (SSSR count). The van der Waals surface area contributed by atoms with Gasteiger partial charge >= 0.3 is 0 Å². The maximum atomic E-state index is 11.8. The number of benzene rings is 1. The molecule has 154 valence electrons. The number of hydrogen-bond donors (Lipinski definition) is 0. The number of rotatable bonds is 3. The smallest absolute Gasteiger partial charge is 0.219 e. The highest BCUT2D eigenvalue weighted by Gasteiger charge is 2.42. The summed E-state index contributed by atoms with van der Waals surface area (Å²) in [4.78, 5) is 20.8. The molecule has 2 aromatic rings. The molecule has 1 amide bonds. The number of nitrogens with zero attached hydrogens (tertiary/aromatic N) is 3. The van der Waals surface area contributed by atoms with Gasteiger partial charge in [-0.3, -0.25) is 14.7 Å². The predicted molar refractivity (Wildman–Crippen MR) is 114 cm³/mol. The van der Waals surface area contributed by atoms with Crippen LogP contribution in [-0.2, 0) is 17.9 Å². The molecule has 1 spiro atoms. The molecular weight excluding hydrogens is 362 g/mol. The van der Waals surface area contributed by atoms with E-state index in [1.165, 1.54) is 11.1 Å². The van der Waals surface area contributed by atoms with Crippen LogP contribution in [0.3, 0.4) is 0 Å². The van der Waals surface area contributed by atoms with Crippen molar-refractivity contribution in [1.82, 2.24) is 14.8 Å². The van der Waals surface area contributed by atoms with Crippen LogP contribution in [0.15, 0.2) is 42.6 Å². The van der Waals surface area contributed by atoms with E-state index in [0.717, 1.165) is 56.8 Å². The molecule has 0 radical (unpaired) electrons. The standard InChI is InChI=1S/C24H31N3O2/c1-18-7-6-14-25-22(18)16-27-15-20-8-4-5-9-23(20)29-24(17-27)12-10-21(11-13-24)26(3)19(2)28/h4-9,14,21H,10-13,15-17H2,1-3H3. The average Bonchev–Trinajstić information content (AvgIpc) is 2.85. The first-order chi connectivity index (χ1) is 14.0. The second-order valence-electron chi connectivity index (χ2n) is 8.67. The minimum atomic E-state index is -0.205. The molecule has 1 aliphatic carbocycles. The Morgan fingerprint density at radius 3 is 2.72 bits per heavy atom. The van der Waals surface area contributed by atoms with Gasteiger partial charge < -0.3 is 9.64 Å². The van der Waals surface area contributed by atoms with Gasteiger partial charge in [0.1, 0.15) is 11.4 Å². The van der Waals surface area contributed by atoms with Gasteiger partial charge in [0.05, 0.1) is 5.69 Å². The Balaban J connectivity index is 1.58. The summed E-state index contributed by atoms with van der Waals surface area (Å²) >= 11 is 0. The summed E-state index contributed by atoms with van der Waals surface area (Å²) in [5, 5.41) is 0. The number of aromatic nitrogens is 1. The lowest BCUT2D eigenvalue weighted by Crippen LogP contribution is -2.51. The van der Waals surface area contributed by atoms with Crippen LogP contribution in [0.5, 0.6) is 5.75 Å². The molecule has 1 saturated carbocycles. The highest BCUT2D eigenvalue weighted by Crippen LogP contribution is 2.39. The first kappa shape index (κ1) is 19.9. The van der Waals surface area contributed by atoms with E-state index in [-0.39, 0.29) is 11.5 Å². The van der Waals surface area contributed by atoms with Gasteiger partial charge in [-0.05, 0) is 50.3 Å². The number of fused-ring (bicyclic) bond motifs is 1. The van der Waals surface area contributed by atoms with Crippen LogP contribution in [0.25, 0.3) is 0 Å². The lowest BCUT2D eigenvalue weighted by molar-refractivity contribution is -0.131. The summed E-state index contributed by atoms with van der Waals surface area (Å²) in [6.45, 7) is 6.35. The third kappa shape index (κ3) is 4.30. The molecule has 1 aromatic heterocycles. The topological polar surface area (TPSA) is 45.7 Å². The van der Waals surface area contributed by atoms with Crippen molar-refractivity contribution in [2.75, 3.05) is 13.6 Å². The number of aryl methyl sites for hydroxylation is 1.